The number of hydrogen-bond acceptors (Lipinski definition) is 5. The average Bonchev–Trinajstić information content (AvgIpc) is 3.27. The van der Waals surface area contributed by atoms with E-state index in [4.69, 9.17) is 0 Å². The van der Waals surface area contributed by atoms with Gasteiger partial charge >= 0.3 is 6.18 Å². The first-order chi connectivity index (χ1) is 11.9. The van der Waals surface area contributed by atoms with Crippen molar-refractivity contribution in [2.75, 3.05) is 19.6 Å². The van der Waals surface area contributed by atoms with E-state index < -0.39 is 17.4 Å². The van der Waals surface area contributed by atoms with E-state index in [1.807, 2.05) is 0 Å². The summed E-state index contributed by atoms with van der Waals surface area (Å²) in [5, 5.41) is 11.6. The second-order valence-corrected chi connectivity index (χ2v) is 6.81. The van der Waals surface area contributed by atoms with Gasteiger partial charge in [0.2, 0.25) is 5.91 Å². The maximum Gasteiger partial charge on any atom is 0.434 e. The van der Waals surface area contributed by atoms with Crippen LogP contribution in [0.5, 0.6) is 0 Å². The number of carbonyl (C=O) groups is 1. The molecule has 0 saturated carbocycles. The molecule has 1 amide bonds. The van der Waals surface area contributed by atoms with Crippen molar-refractivity contribution in [1.29, 1.82) is 0 Å². The Kier molecular flexibility index (Phi) is 5.09. The second kappa shape index (κ2) is 7.12. The molecule has 10 heteroatoms. The molecule has 25 heavy (non-hydrogen) atoms. The Hall–Kier alpha value is -1.94. The first-order valence-electron chi connectivity index (χ1n) is 7.92. The molecule has 3 heterocycles. The summed E-state index contributed by atoms with van der Waals surface area (Å²) in [6.45, 7) is 1.64. The summed E-state index contributed by atoms with van der Waals surface area (Å²) >= 11 is 0.951. The van der Waals surface area contributed by atoms with Gasteiger partial charge < -0.3 is 10.6 Å². The van der Waals surface area contributed by atoms with Gasteiger partial charge in [-0.25, -0.2) is 4.98 Å². The molecule has 136 valence electrons. The van der Waals surface area contributed by atoms with Crippen LogP contribution >= 0.6 is 11.3 Å². The molecular formula is C15H18F3N5OS. The summed E-state index contributed by atoms with van der Waals surface area (Å²) < 4.78 is 39.4. The first-order valence-corrected chi connectivity index (χ1v) is 8.80. The van der Waals surface area contributed by atoms with Gasteiger partial charge in [-0.15, -0.1) is 11.3 Å². The van der Waals surface area contributed by atoms with Gasteiger partial charge in [0.25, 0.3) is 0 Å². The summed E-state index contributed by atoms with van der Waals surface area (Å²) in [5.41, 5.74) is -1.64. The van der Waals surface area contributed by atoms with Crippen LogP contribution in [0.4, 0.5) is 13.2 Å². The molecule has 6 nitrogen and oxygen atoms in total. The number of amides is 1. The van der Waals surface area contributed by atoms with Crippen LogP contribution in [0.2, 0.25) is 0 Å². The number of thiazole rings is 1. The molecule has 1 aliphatic rings. The number of carbonyl (C=O) groups excluding carboxylic acids is 1. The first kappa shape index (κ1) is 17.9. The Morgan fingerprint density at radius 1 is 1.40 bits per heavy atom. The Morgan fingerprint density at radius 2 is 2.16 bits per heavy atom. The van der Waals surface area contributed by atoms with Gasteiger partial charge in [0, 0.05) is 30.7 Å². The van der Waals surface area contributed by atoms with E-state index >= 15 is 0 Å². The fraction of sp³-hybridized carbons (Fsp3) is 0.533. The van der Waals surface area contributed by atoms with E-state index in [1.165, 1.54) is 0 Å². The minimum atomic E-state index is -4.43. The summed E-state index contributed by atoms with van der Waals surface area (Å²) in [4.78, 5) is 16.3. The molecule has 2 aromatic heterocycles. The number of rotatable bonds is 5. The monoisotopic (exact) mass is 373 g/mol. The van der Waals surface area contributed by atoms with Crippen LogP contribution in [0.3, 0.4) is 0 Å². The normalized spacial score (nSPS) is 17.4. The average molecular weight is 373 g/mol. The number of nitrogens with zero attached hydrogens (tertiary/aromatic N) is 3. The Morgan fingerprint density at radius 3 is 2.76 bits per heavy atom. The molecule has 0 radical (unpaired) electrons. The maximum absolute atomic E-state index is 12.8. The lowest BCUT2D eigenvalue weighted by molar-refractivity contribution is -0.140. The van der Waals surface area contributed by atoms with Gasteiger partial charge in [-0.1, -0.05) is 0 Å². The van der Waals surface area contributed by atoms with Crippen LogP contribution in [0, 0.1) is 0 Å². The number of halogens is 3. The molecule has 2 aromatic rings. The maximum atomic E-state index is 12.8. The van der Waals surface area contributed by atoms with Gasteiger partial charge in [0.05, 0.1) is 5.01 Å². The van der Waals surface area contributed by atoms with Crippen LogP contribution < -0.4 is 10.6 Å². The van der Waals surface area contributed by atoms with Gasteiger partial charge in [0.15, 0.2) is 5.69 Å². The minimum absolute atomic E-state index is 0.162. The summed E-state index contributed by atoms with van der Waals surface area (Å²) in [6, 6.07) is 1.77. The highest BCUT2D eigenvalue weighted by molar-refractivity contribution is 7.09. The number of alkyl halides is 3. The van der Waals surface area contributed by atoms with E-state index in [0.717, 1.165) is 16.7 Å². The summed E-state index contributed by atoms with van der Waals surface area (Å²) in [7, 11) is 0. The zero-order chi connectivity index (χ0) is 17.9. The molecule has 0 spiro atoms. The van der Waals surface area contributed by atoms with E-state index in [-0.39, 0.29) is 18.9 Å². The molecule has 1 saturated heterocycles. The fourth-order valence-electron chi connectivity index (χ4n) is 2.93. The minimum Gasteiger partial charge on any atom is -0.354 e. The third-order valence-electron chi connectivity index (χ3n) is 4.26. The number of hydrogen-bond donors (Lipinski definition) is 2. The van der Waals surface area contributed by atoms with Gasteiger partial charge in [-0.3, -0.25) is 9.48 Å². The van der Waals surface area contributed by atoms with Gasteiger partial charge in [-0.2, -0.15) is 18.3 Å². The van der Waals surface area contributed by atoms with Gasteiger partial charge in [0.1, 0.15) is 5.54 Å². The molecule has 0 bridgehead atoms. The van der Waals surface area contributed by atoms with E-state index in [2.05, 4.69) is 20.7 Å². The van der Waals surface area contributed by atoms with Crippen molar-refractivity contribution in [3.8, 4) is 0 Å². The zero-order valence-electron chi connectivity index (χ0n) is 13.3. The quantitative estimate of drug-likeness (QED) is 0.838. The second-order valence-electron chi connectivity index (χ2n) is 5.86. The van der Waals surface area contributed by atoms with Crippen molar-refractivity contribution in [2.45, 2.75) is 31.0 Å². The topological polar surface area (TPSA) is 71.8 Å². The van der Waals surface area contributed by atoms with Gasteiger partial charge in [-0.05, 0) is 32.0 Å². The third kappa shape index (κ3) is 3.84. The molecule has 3 rings (SSSR count). The Bertz CT molecular complexity index is 707. The molecule has 0 aliphatic carbocycles. The van der Waals surface area contributed by atoms with Crippen molar-refractivity contribution in [1.82, 2.24) is 25.4 Å². The summed E-state index contributed by atoms with van der Waals surface area (Å²) in [5.74, 6) is -0.162. The Labute approximate surface area is 146 Å². The summed E-state index contributed by atoms with van der Waals surface area (Å²) in [6.07, 6.45) is 0.440. The van der Waals surface area contributed by atoms with Crippen molar-refractivity contribution >= 4 is 17.2 Å². The number of piperidine rings is 1. The lowest BCUT2D eigenvalue weighted by atomic mass is 9.87. The zero-order valence-corrected chi connectivity index (χ0v) is 14.2. The number of aromatic nitrogens is 3. The van der Waals surface area contributed by atoms with Crippen molar-refractivity contribution in [3.63, 3.8) is 0 Å². The van der Waals surface area contributed by atoms with Crippen LogP contribution in [-0.2, 0) is 22.9 Å². The number of nitrogens with one attached hydrogen (secondary N) is 2. The Balaban J connectivity index is 1.62. The molecule has 0 aromatic carbocycles. The predicted octanol–water partition coefficient (Wildman–Crippen LogP) is 1.80. The molecule has 1 aliphatic heterocycles. The van der Waals surface area contributed by atoms with Crippen LogP contribution in [0.15, 0.2) is 23.8 Å². The SMILES string of the molecule is O=C(NCCc1nc(C(F)(F)F)cs1)C1(n2cccn2)CCNCC1. The standard InChI is InChI=1S/C15H18F3N5OS/c16-15(17,18)11-10-25-12(22-11)2-6-20-13(24)14(3-7-19-8-4-14)23-9-1-5-21-23/h1,5,9-10,19H,2-4,6-8H2,(H,20,24). The fourth-order valence-corrected chi connectivity index (χ4v) is 3.73. The van der Waals surface area contributed by atoms with E-state index in [1.54, 1.807) is 23.1 Å². The highest BCUT2D eigenvalue weighted by atomic mass is 32.1. The largest absolute Gasteiger partial charge is 0.434 e. The van der Waals surface area contributed by atoms with E-state index in [0.29, 0.717) is 30.9 Å². The molecule has 1 fully saturated rings. The van der Waals surface area contributed by atoms with Crippen molar-refractivity contribution in [2.24, 2.45) is 0 Å². The van der Waals surface area contributed by atoms with Crippen LogP contribution in [-0.4, -0.2) is 40.3 Å². The van der Waals surface area contributed by atoms with Crippen molar-refractivity contribution in [3.05, 3.63) is 34.5 Å². The molecule has 2 N–H and O–H groups in total. The van der Waals surface area contributed by atoms with Crippen LogP contribution in [0.25, 0.3) is 0 Å². The van der Waals surface area contributed by atoms with E-state index in [9.17, 15) is 18.0 Å². The van der Waals surface area contributed by atoms with Crippen molar-refractivity contribution < 1.29 is 18.0 Å². The van der Waals surface area contributed by atoms with Crippen LogP contribution in [0.1, 0.15) is 23.5 Å². The molecule has 0 unspecified atom stereocenters. The lowest BCUT2D eigenvalue weighted by Crippen LogP contribution is -2.54. The highest BCUT2D eigenvalue weighted by Gasteiger charge is 2.41. The molecule has 0 atom stereocenters. The molecular weight excluding hydrogens is 355 g/mol. The predicted molar refractivity (Wildman–Crippen MR) is 86.1 cm³/mol. The third-order valence-corrected chi connectivity index (χ3v) is 5.17. The lowest BCUT2D eigenvalue weighted by Gasteiger charge is -2.36. The highest BCUT2D eigenvalue weighted by Crippen LogP contribution is 2.30. The smallest absolute Gasteiger partial charge is 0.354 e.